The maximum Gasteiger partial charge on any atom is 0.0701 e. The molecule has 0 spiro atoms. The molecule has 0 aliphatic heterocycles. The predicted molar refractivity (Wildman–Crippen MR) is 181 cm³/mol. The van der Waals surface area contributed by atoms with E-state index in [9.17, 15) is 0 Å². The quantitative estimate of drug-likeness (QED) is 0.0492. The van der Waals surface area contributed by atoms with Crippen molar-refractivity contribution < 1.29 is 52.1 Å². The third-order valence-electron chi connectivity index (χ3n) is 6.03. The van der Waals surface area contributed by atoms with Crippen LogP contribution in [-0.4, -0.2) is 150 Å². The van der Waals surface area contributed by atoms with Crippen molar-refractivity contribution in [3.8, 4) is 0 Å². The van der Waals surface area contributed by atoms with E-state index in [0.29, 0.717) is 132 Å². The van der Waals surface area contributed by atoms with Gasteiger partial charge in [0.1, 0.15) is 0 Å². The molecule has 0 fully saturated rings. The molecule has 44 heavy (non-hydrogen) atoms. The summed E-state index contributed by atoms with van der Waals surface area (Å²) in [4.78, 5) is 0. The maximum atomic E-state index is 5.56. The van der Waals surface area contributed by atoms with Crippen LogP contribution in [0.25, 0.3) is 0 Å². The molecule has 0 N–H and O–H groups in total. The molecule has 0 aliphatic carbocycles. The average Bonchev–Trinajstić information content (AvgIpc) is 3.04. The Morgan fingerprint density at radius 2 is 0.455 bits per heavy atom. The van der Waals surface area contributed by atoms with Gasteiger partial charge in [0.25, 0.3) is 0 Å². The summed E-state index contributed by atoms with van der Waals surface area (Å²) in [7, 11) is 0. The second-order valence-corrected chi connectivity index (χ2v) is 11.0. The highest BCUT2D eigenvalue weighted by molar-refractivity contribution is 14.1. The number of hydrogen-bond acceptors (Lipinski definition) is 11. The van der Waals surface area contributed by atoms with Crippen molar-refractivity contribution in [2.24, 2.45) is 0 Å². The van der Waals surface area contributed by atoms with Crippen LogP contribution < -0.4 is 0 Å². The van der Waals surface area contributed by atoms with Crippen LogP contribution in [-0.2, 0) is 52.1 Å². The lowest BCUT2D eigenvalue weighted by molar-refractivity contribution is -0.0275. The molecule has 0 amide bonds. The minimum absolute atomic E-state index is 0.528. The van der Waals surface area contributed by atoms with Crippen molar-refractivity contribution in [3.63, 3.8) is 0 Å². The van der Waals surface area contributed by atoms with E-state index in [0.717, 1.165) is 26.1 Å². The molecule has 0 aromatic carbocycles. The predicted octanol–water partition coefficient (Wildman–Crippen LogP) is 4.74. The summed E-state index contributed by atoms with van der Waals surface area (Å²) in [5, 5.41) is 0. The molecular formula is C32H65IO11. The molecule has 0 saturated carbocycles. The van der Waals surface area contributed by atoms with E-state index in [1.807, 2.05) is 0 Å². The molecule has 0 aliphatic rings. The Morgan fingerprint density at radius 3 is 0.682 bits per heavy atom. The van der Waals surface area contributed by atoms with Crippen molar-refractivity contribution in [1.29, 1.82) is 0 Å². The molecule has 0 atom stereocenters. The maximum absolute atomic E-state index is 5.56. The lowest BCUT2D eigenvalue weighted by Gasteiger charge is -2.09. The van der Waals surface area contributed by atoms with E-state index in [1.54, 1.807) is 0 Å². The van der Waals surface area contributed by atoms with Gasteiger partial charge in [-0.2, -0.15) is 0 Å². The largest absolute Gasteiger partial charge is 0.379 e. The topological polar surface area (TPSA) is 102 Å². The summed E-state index contributed by atoms with van der Waals surface area (Å²) in [5.41, 5.74) is 0. The third kappa shape index (κ3) is 42.3. The summed E-state index contributed by atoms with van der Waals surface area (Å²) in [6.07, 6.45) is 9.90. The van der Waals surface area contributed by atoms with E-state index in [-0.39, 0.29) is 0 Å². The summed E-state index contributed by atoms with van der Waals surface area (Å²) in [6, 6.07) is 0. The number of hydrogen-bond donors (Lipinski definition) is 0. The molecule has 12 heteroatoms. The van der Waals surface area contributed by atoms with Gasteiger partial charge in [0.2, 0.25) is 0 Å². The van der Waals surface area contributed by atoms with Crippen LogP contribution in [0.1, 0.15) is 58.3 Å². The Labute approximate surface area is 282 Å². The van der Waals surface area contributed by atoms with Crippen LogP contribution in [0.4, 0.5) is 0 Å². The number of alkyl halides is 1. The smallest absolute Gasteiger partial charge is 0.0701 e. The highest BCUT2D eigenvalue weighted by atomic mass is 127. The number of unbranched alkanes of at least 4 members (excludes halogenated alkanes) is 6. The average molecular weight is 753 g/mol. The van der Waals surface area contributed by atoms with Gasteiger partial charge < -0.3 is 52.1 Å². The Balaban J connectivity index is 3.03. The SMILES string of the molecule is CCCCCCOCCOCCOCCOCCOCCOCCOCCOCCOCCOCCOCCCCCCI. The highest BCUT2D eigenvalue weighted by Crippen LogP contribution is 2.02. The highest BCUT2D eigenvalue weighted by Gasteiger charge is 1.97. The van der Waals surface area contributed by atoms with Crippen LogP contribution in [0.3, 0.4) is 0 Å². The van der Waals surface area contributed by atoms with Crippen molar-refractivity contribution >= 4 is 22.6 Å². The fourth-order valence-corrected chi connectivity index (χ4v) is 4.12. The van der Waals surface area contributed by atoms with Gasteiger partial charge >= 0.3 is 0 Å². The number of ether oxygens (including phenoxy) is 11. The summed E-state index contributed by atoms with van der Waals surface area (Å²) >= 11 is 2.42. The first-order valence-electron chi connectivity index (χ1n) is 16.8. The van der Waals surface area contributed by atoms with Crippen molar-refractivity contribution in [2.45, 2.75) is 58.3 Å². The van der Waals surface area contributed by atoms with Gasteiger partial charge in [0, 0.05) is 13.2 Å². The fraction of sp³-hybridized carbons (Fsp3) is 1.00. The zero-order valence-corrected chi connectivity index (χ0v) is 29.9. The summed E-state index contributed by atoms with van der Waals surface area (Å²) in [5.74, 6) is 0. The minimum atomic E-state index is 0.528. The molecule has 0 aromatic heterocycles. The number of halogens is 1. The van der Waals surface area contributed by atoms with Crippen LogP contribution in [0, 0.1) is 0 Å². The third-order valence-corrected chi connectivity index (χ3v) is 6.80. The second kappa shape index (κ2) is 43.3. The van der Waals surface area contributed by atoms with Crippen molar-refractivity contribution in [2.75, 3.05) is 150 Å². The van der Waals surface area contributed by atoms with Crippen LogP contribution in [0.2, 0.25) is 0 Å². The van der Waals surface area contributed by atoms with E-state index in [2.05, 4.69) is 29.5 Å². The van der Waals surface area contributed by atoms with Crippen LogP contribution >= 0.6 is 22.6 Å². The lowest BCUT2D eigenvalue weighted by Crippen LogP contribution is -2.15. The summed E-state index contributed by atoms with van der Waals surface area (Å²) in [6.45, 7) is 15.1. The molecule has 0 bridgehead atoms. The molecule has 11 nitrogen and oxygen atoms in total. The van der Waals surface area contributed by atoms with Gasteiger partial charge in [-0.25, -0.2) is 0 Å². The second-order valence-electron chi connectivity index (χ2n) is 9.90. The molecule has 0 unspecified atom stereocenters. The van der Waals surface area contributed by atoms with E-state index < -0.39 is 0 Å². The lowest BCUT2D eigenvalue weighted by atomic mass is 10.2. The molecule has 0 heterocycles. The van der Waals surface area contributed by atoms with Crippen molar-refractivity contribution in [1.82, 2.24) is 0 Å². The van der Waals surface area contributed by atoms with Gasteiger partial charge in [-0.15, -0.1) is 0 Å². The molecular weight excluding hydrogens is 687 g/mol. The van der Waals surface area contributed by atoms with Gasteiger partial charge in [-0.05, 0) is 23.7 Å². The molecule has 0 aromatic rings. The van der Waals surface area contributed by atoms with E-state index >= 15 is 0 Å². The molecule has 0 radical (unpaired) electrons. The van der Waals surface area contributed by atoms with Gasteiger partial charge in [0.05, 0.1) is 132 Å². The van der Waals surface area contributed by atoms with Gasteiger partial charge in [-0.3, -0.25) is 0 Å². The normalized spacial score (nSPS) is 11.6. The Hall–Kier alpha value is 0.290. The zero-order valence-electron chi connectivity index (χ0n) is 27.8. The minimum Gasteiger partial charge on any atom is -0.379 e. The standard InChI is InChI=1S/C32H65IO11/c1-2-3-4-8-11-34-13-15-36-17-19-38-21-23-40-25-27-42-29-31-44-32-30-43-28-26-41-24-22-39-20-18-37-16-14-35-12-9-6-5-7-10-33/h2-32H2,1H3. The molecule has 266 valence electrons. The van der Waals surface area contributed by atoms with E-state index in [1.165, 1.54) is 43.0 Å². The first-order valence-corrected chi connectivity index (χ1v) is 18.4. The van der Waals surface area contributed by atoms with Crippen LogP contribution in [0.15, 0.2) is 0 Å². The first kappa shape index (κ1) is 44.3. The van der Waals surface area contributed by atoms with Gasteiger partial charge in [-0.1, -0.05) is 61.6 Å². The first-order chi connectivity index (χ1) is 21.9. The fourth-order valence-electron chi connectivity index (χ4n) is 3.58. The monoisotopic (exact) mass is 752 g/mol. The zero-order chi connectivity index (χ0) is 31.7. The molecule has 0 saturated heterocycles. The summed E-state index contributed by atoms with van der Waals surface area (Å²) < 4.78 is 61.7. The number of rotatable bonds is 41. The van der Waals surface area contributed by atoms with Crippen LogP contribution in [0.5, 0.6) is 0 Å². The van der Waals surface area contributed by atoms with Crippen molar-refractivity contribution in [3.05, 3.63) is 0 Å². The Bertz CT molecular complexity index is 453. The Morgan fingerprint density at radius 1 is 0.250 bits per heavy atom. The van der Waals surface area contributed by atoms with Gasteiger partial charge in [0.15, 0.2) is 0 Å². The van der Waals surface area contributed by atoms with E-state index in [4.69, 9.17) is 52.1 Å². The Kier molecular flexibility index (Phi) is 43.6. The molecule has 0 rings (SSSR count).